The van der Waals surface area contributed by atoms with Gasteiger partial charge in [-0.2, -0.15) is 0 Å². The number of aromatic nitrogens is 3. The van der Waals surface area contributed by atoms with Gasteiger partial charge < -0.3 is 15.6 Å². The zero-order valence-electron chi connectivity index (χ0n) is 19.8. The Morgan fingerprint density at radius 3 is 2.74 bits per heavy atom. The lowest BCUT2D eigenvalue weighted by Crippen LogP contribution is -2.25. The first-order chi connectivity index (χ1) is 17.0. The number of fused-ring (bicyclic) bond motifs is 1. The van der Waals surface area contributed by atoms with E-state index in [1.54, 1.807) is 17.5 Å². The molecule has 35 heavy (non-hydrogen) atoms. The molecule has 0 saturated heterocycles. The first kappa shape index (κ1) is 22.8. The van der Waals surface area contributed by atoms with Crippen LogP contribution in [0.2, 0.25) is 0 Å². The van der Waals surface area contributed by atoms with E-state index in [0.717, 1.165) is 43.9 Å². The Labute approximate surface area is 208 Å². The lowest BCUT2D eigenvalue weighted by atomic mass is 10.1. The van der Waals surface area contributed by atoms with E-state index in [1.165, 1.54) is 0 Å². The van der Waals surface area contributed by atoms with Gasteiger partial charge >= 0.3 is 0 Å². The summed E-state index contributed by atoms with van der Waals surface area (Å²) in [6.45, 7) is 5.28. The highest BCUT2D eigenvalue weighted by Gasteiger charge is 2.18. The molecule has 5 rings (SSSR count). The molecule has 0 fully saturated rings. The van der Waals surface area contributed by atoms with E-state index in [-0.39, 0.29) is 5.91 Å². The number of carbonyl (C=O) groups excluding carboxylic acids is 1. The van der Waals surface area contributed by atoms with Gasteiger partial charge in [-0.25, -0.2) is 9.97 Å². The predicted molar refractivity (Wildman–Crippen MR) is 143 cm³/mol. The number of pyridine rings is 1. The van der Waals surface area contributed by atoms with Crippen molar-refractivity contribution in [1.29, 1.82) is 0 Å². The number of hydrogen-bond donors (Lipinski definition) is 2. The van der Waals surface area contributed by atoms with Gasteiger partial charge in [-0.1, -0.05) is 42.5 Å². The Morgan fingerprint density at radius 1 is 1.11 bits per heavy atom. The number of aryl methyl sites for hydroxylation is 1. The van der Waals surface area contributed by atoms with Crippen LogP contribution in [0.25, 0.3) is 21.3 Å². The molecule has 5 aromatic rings. The van der Waals surface area contributed by atoms with Crippen LogP contribution in [-0.4, -0.2) is 20.4 Å². The fourth-order valence-electron chi connectivity index (χ4n) is 4.42. The molecule has 0 atom stereocenters. The van der Waals surface area contributed by atoms with Gasteiger partial charge in [0.25, 0.3) is 5.91 Å². The summed E-state index contributed by atoms with van der Waals surface area (Å²) in [4.78, 5) is 22.1. The van der Waals surface area contributed by atoms with Crippen molar-refractivity contribution in [3.63, 3.8) is 0 Å². The number of nitrogen functional groups attached to an aromatic ring is 1. The maximum absolute atomic E-state index is 13.1. The Morgan fingerprint density at radius 2 is 1.94 bits per heavy atom. The minimum Gasteiger partial charge on any atom is -0.383 e. The molecule has 6 nitrogen and oxygen atoms in total. The Balaban J connectivity index is 1.33. The number of nitrogens with one attached hydrogen (secondary N) is 1. The van der Waals surface area contributed by atoms with E-state index < -0.39 is 0 Å². The van der Waals surface area contributed by atoms with E-state index in [2.05, 4.69) is 46.2 Å². The molecule has 0 radical (unpaired) electrons. The monoisotopic (exact) mass is 481 g/mol. The Bertz CT molecular complexity index is 1500. The number of amides is 1. The largest absolute Gasteiger partial charge is 0.383 e. The third kappa shape index (κ3) is 4.68. The van der Waals surface area contributed by atoms with Crippen molar-refractivity contribution in [2.75, 3.05) is 5.73 Å². The maximum Gasteiger partial charge on any atom is 0.268 e. The minimum atomic E-state index is -0.0845. The fourth-order valence-corrected chi connectivity index (χ4v) is 5.24. The standard InChI is InChI=1S/C28H27N5OS/c1-3-33-24(15-22-17-35-28(32-22)20-7-5-4-6-8-20)18(2)13-25(33)27(34)31-16-19-9-10-23-21(14-19)11-12-30-26(23)29/h4-14,17H,3,15-16H2,1-2H3,(H2,29,30)(H,31,34). The van der Waals surface area contributed by atoms with Crippen molar-refractivity contribution < 1.29 is 4.79 Å². The van der Waals surface area contributed by atoms with Crippen LogP contribution in [0.15, 0.2) is 72.2 Å². The number of anilines is 1. The van der Waals surface area contributed by atoms with Crippen LogP contribution >= 0.6 is 11.3 Å². The second kappa shape index (κ2) is 9.72. The quantitative estimate of drug-likeness (QED) is 0.317. The van der Waals surface area contributed by atoms with Crippen molar-refractivity contribution in [3.8, 4) is 10.6 Å². The molecular formula is C28H27N5OS. The second-order valence-corrected chi connectivity index (χ2v) is 9.38. The first-order valence-electron chi connectivity index (χ1n) is 11.6. The van der Waals surface area contributed by atoms with Crippen LogP contribution < -0.4 is 11.1 Å². The van der Waals surface area contributed by atoms with Crippen LogP contribution in [0.5, 0.6) is 0 Å². The van der Waals surface area contributed by atoms with Crippen LogP contribution in [0.3, 0.4) is 0 Å². The number of hydrogen-bond acceptors (Lipinski definition) is 5. The van der Waals surface area contributed by atoms with Gasteiger partial charge in [0.05, 0.1) is 5.69 Å². The highest BCUT2D eigenvalue weighted by molar-refractivity contribution is 7.13. The summed E-state index contributed by atoms with van der Waals surface area (Å²) in [5.41, 5.74) is 12.0. The second-order valence-electron chi connectivity index (χ2n) is 8.52. The van der Waals surface area contributed by atoms with Crippen LogP contribution in [0.1, 0.15) is 39.9 Å². The summed E-state index contributed by atoms with van der Waals surface area (Å²) in [6.07, 6.45) is 2.39. The highest BCUT2D eigenvalue weighted by atomic mass is 32.1. The molecule has 0 bridgehead atoms. The molecule has 2 aromatic carbocycles. The highest BCUT2D eigenvalue weighted by Crippen LogP contribution is 2.26. The minimum absolute atomic E-state index is 0.0845. The zero-order chi connectivity index (χ0) is 24.4. The van der Waals surface area contributed by atoms with E-state index in [1.807, 2.05) is 48.5 Å². The van der Waals surface area contributed by atoms with Gasteiger partial charge in [-0.3, -0.25) is 4.79 Å². The molecule has 176 valence electrons. The van der Waals surface area contributed by atoms with Crippen molar-refractivity contribution >= 4 is 33.8 Å². The maximum atomic E-state index is 13.1. The molecule has 0 aliphatic heterocycles. The van der Waals surface area contributed by atoms with E-state index in [4.69, 9.17) is 10.7 Å². The van der Waals surface area contributed by atoms with Gasteiger partial charge in [0.15, 0.2) is 0 Å². The van der Waals surface area contributed by atoms with Crippen molar-refractivity contribution in [2.45, 2.75) is 33.4 Å². The average Bonchev–Trinajstić information content (AvgIpc) is 3.48. The smallest absolute Gasteiger partial charge is 0.268 e. The molecule has 0 spiro atoms. The SMILES string of the molecule is CCn1c(C(=O)NCc2ccc3c(N)nccc3c2)cc(C)c1Cc1csc(-c2ccccc2)n1. The molecule has 1 amide bonds. The number of rotatable bonds is 7. The number of thiazole rings is 1. The van der Waals surface area contributed by atoms with Gasteiger partial charge in [0, 0.05) is 47.7 Å². The zero-order valence-corrected chi connectivity index (χ0v) is 20.6. The first-order valence-corrected chi connectivity index (χ1v) is 12.5. The third-order valence-electron chi connectivity index (χ3n) is 6.21. The summed E-state index contributed by atoms with van der Waals surface area (Å²) in [5.74, 6) is 0.427. The van der Waals surface area contributed by atoms with E-state index in [0.29, 0.717) is 31.0 Å². The van der Waals surface area contributed by atoms with E-state index >= 15 is 0 Å². The van der Waals surface area contributed by atoms with Gasteiger partial charge in [0.2, 0.25) is 0 Å². The summed E-state index contributed by atoms with van der Waals surface area (Å²) in [7, 11) is 0. The predicted octanol–water partition coefficient (Wildman–Crippen LogP) is 5.59. The van der Waals surface area contributed by atoms with Gasteiger partial charge in [0.1, 0.15) is 16.5 Å². The Kier molecular flexibility index (Phi) is 6.33. The molecule has 0 aliphatic rings. The lowest BCUT2D eigenvalue weighted by molar-refractivity contribution is 0.0941. The van der Waals surface area contributed by atoms with Crippen molar-refractivity contribution in [1.82, 2.24) is 19.9 Å². The number of nitrogens with two attached hydrogens (primary N) is 1. The third-order valence-corrected chi connectivity index (χ3v) is 7.15. The molecule has 0 saturated carbocycles. The normalized spacial score (nSPS) is 11.1. The fraction of sp³-hybridized carbons (Fsp3) is 0.179. The molecule has 0 aliphatic carbocycles. The summed E-state index contributed by atoms with van der Waals surface area (Å²) >= 11 is 1.65. The number of nitrogens with zero attached hydrogens (tertiary/aromatic N) is 3. The summed E-state index contributed by atoms with van der Waals surface area (Å²) < 4.78 is 2.10. The van der Waals surface area contributed by atoms with Crippen LogP contribution in [0.4, 0.5) is 5.82 Å². The topological polar surface area (TPSA) is 85.8 Å². The van der Waals surface area contributed by atoms with Crippen molar-refractivity contribution in [2.24, 2.45) is 0 Å². The molecule has 0 unspecified atom stereocenters. The lowest BCUT2D eigenvalue weighted by Gasteiger charge is -2.12. The van der Waals surface area contributed by atoms with Crippen LogP contribution in [-0.2, 0) is 19.5 Å². The van der Waals surface area contributed by atoms with Gasteiger partial charge in [-0.15, -0.1) is 11.3 Å². The van der Waals surface area contributed by atoms with Crippen LogP contribution in [0, 0.1) is 6.92 Å². The molecule has 7 heteroatoms. The van der Waals surface area contributed by atoms with E-state index in [9.17, 15) is 4.79 Å². The molecule has 3 aromatic heterocycles. The summed E-state index contributed by atoms with van der Waals surface area (Å²) in [5, 5.41) is 8.13. The van der Waals surface area contributed by atoms with Gasteiger partial charge in [-0.05, 0) is 48.6 Å². The molecule has 3 heterocycles. The molecular weight excluding hydrogens is 454 g/mol. The number of carbonyl (C=O) groups is 1. The molecule has 3 N–H and O–H groups in total. The number of benzene rings is 2. The summed E-state index contributed by atoms with van der Waals surface area (Å²) in [6, 6.07) is 20.1. The van der Waals surface area contributed by atoms with Crippen molar-refractivity contribution in [3.05, 3.63) is 100 Å². The Hall–Kier alpha value is -3.97. The average molecular weight is 482 g/mol.